The Morgan fingerprint density at radius 2 is 1.65 bits per heavy atom. The van der Waals surface area contributed by atoms with Crippen LogP contribution >= 0.6 is 0 Å². The number of fused-ring (bicyclic) bond motifs is 2. The van der Waals surface area contributed by atoms with E-state index in [1.54, 1.807) is 7.11 Å². The quantitative estimate of drug-likeness (QED) is 0.208. The molecule has 0 spiro atoms. The van der Waals surface area contributed by atoms with E-state index >= 15 is 0 Å². The van der Waals surface area contributed by atoms with Gasteiger partial charge in [0.25, 0.3) is 0 Å². The van der Waals surface area contributed by atoms with E-state index in [0.717, 1.165) is 52.0 Å². The molecule has 1 aliphatic carbocycles. The summed E-state index contributed by atoms with van der Waals surface area (Å²) < 4.78 is 5.79. The number of ether oxygens (including phenoxy) is 1. The molecule has 0 atom stereocenters. The van der Waals surface area contributed by atoms with E-state index in [9.17, 15) is 4.79 Å². The molecule has 0 saturated carbocycles. The van der Waals surface area contributed by atoms with Gasteiger partial charge in [-0.25, -0.2) is 4.79 Å². The highest BCUT2D eigenvalue weighted by Gasteiger charge is 2.30. The molecule has 0 N–H and O–H groups in total. The highest BCUT2D eigenvalue weighted by atomic mass is 16.7. The number of nitrogens with zero attached hydrogens (tertiary/aromatic N) is 3. The molecular weight excluding hydrogens is 498 g/mol. The predicted octanol–water partition coefficient (Wildman–Crippen LogP) is 6.79. The molecule has 1 aliphatic rings. The Labute approximate surface area is 233 Å². The van der Waals surface area contributed by atoms with Crippen LogP contribution in [0.1, 0.15) is 47.6 Å². The minimum absolute atomic E-state index is 0.0771. The fourth-order valence-electron chi connectivity index (χ4n) is 5.47. The molecule has 1 aromatic heterocycles. The molecule has 0 amide bonds. The molecule has 6 nitrogen and oxygen atoms in total. The lowest BCUT2D eigenvalue weighted by atomic mass is 9.94. The van der Waals surface area contributed by atoms with Crippen LogP contribution in [-0.2, 0) is 11.2 Å². The zero-order valence-electron chi connectivity index (χ0n) is 22.5. The normalized spacial score (nSPS) is 13.6. The Morgan fingerprint density at radius 1 is 0.875 bits per heavy atom. The third-order valence-electron chi connectivity index (χ3n) is 7.30. The molecule has 6 heteroatoms. The Morgan fingerprint density at radius 3 is 2.48 bits per heavy atom. The van der Waals surface area contributed by atoms with Gasteiger partial charge in [-0.1, -0.05) is 90.6 Å². The summed E-state index contributed by atoms with van der Waals surface area (Å²) in [6.45, 7) is 2.12. The van der Waals surface area contributed by atoms with Gasteiger partial charge >= 0.3 is 5.97 Å². The number of allylic oxidation sites excluding steroid dienone is 2. The number of para-hydroxylation sites is 1. The summed E-state index contributed by atoms with van der Waals surface area (Å²) in [4.78, 5) is 20.2. The molecule has 4 aromatic carbocycles. The van der Waals surface area contributed by atoms with Crippen LogP contribution < -0.4 is 9.57 Å². The molecule has 0 unspecified atom stereocenters. The third kappa shape index (κ3) is 4.80. The van der Waals surface area contributed by atoms with Gasteiger partial charge in [0.2, 0.25) is 0 Å². The fraction of sp³-hybridized carbons (Fsp3) is 0.147. The van der Waals surface area contributed by atoms with Crippen molar-refractivity contribution in [3.05, 3.63) is 130 Å². The maximum atomic E-state index is 13.3. The van der Waals surface area contributed by atoms with Crippen LogP contribution in [0.3, 0.4) is 0 Å². The Balaban J connectivity index is 1.40. The van der Waals surface area contributed by atoms with Crippen molar-refractivity contribution in [3.63, 3.8) is 0 Å². The third-order valence-corrected chi connectivity index (χ3v) is 7.30. The summed E-state index contributed by atoms with van der Waals surface area (Å²) >= 11 is 0. The molecule has 5 aromatic rings. The first-order chi connectivity index (χ1) is 19.7. The van der Waals surface area contributed by atoms with Gasteiger partial charge in [-0.2, -0.15) is 0 Å². The number of benzene rings is 4. The second-order valence-electron chi connectivity index (χ2n) is 9.70. The van der Waals surface area contributed by atoms with Crippen molar-refractivity contribution in [1.29, 1.82) is 0 Å². The molecule has 0 aliphatic heterocycles. The van der Waals surface area contributed by atoms with Crippen molar-refractivity contribution >= 4 is 34.2 Å². The lowest BCUT2D eigenvalue weighted by molar-refractivity contribution is -0.144. The molecular formula is C34H29N3O3. The van der Waals surface area contributed by atoms with Crippen LogP contribution in [-0.4, -0.2) is 28.2 Å². The van der Waals surface area contributed by atoms with Gasteiger partial charge in [0.05, 0.1) is 13.5 Å². The largest absolute Gasteiger partial charge is 0.496 e. The van der Waals surface area contributed by atoms with E-state index in [1.165, 1.54) is 16.0 Å². The predicted molar refractivity (Wildman–Crippen MR) is 157 cm³/mol. The first-order valence-corrected chi connectivity index (χ1v) is 13.4. The lowest BCUT2D eigenvalue weighted by Gasteiger charge is -2.11. The average molecular weight is 528 g/mol. The van der Waals surface area contributed by atoms with Gasteiger partial charge in [-0.05, 0) is 81.3 Å². The van der Waals surface area contributed by atoms with E-state index in [1.807, 2.05) is 42.5 Å². The molecule has 40 heavy (non-hydrogen) atoms. The van der Waals surface area contributed by atoms with Crippen molar-refractivity contribution in [3.8, 4) is 5.75 Å². The summed E-state index contributed by atoms with van der Waals surface area (Å²) in [5.74, 6) is 0.317. The van der Waals surface area contributed by atoms with Gasteiger partial charge in [-0.15, -0.1) is 5.10 Å². The zero-order valence-corrected chi connectivity index (χ0v) is 22.5. The smallest absolute Gasteiger partial charge is 0.339 e. The van der Waals surface area contributed by atoms with Gasteiger partial charge in [-0.3, -0.25) is 0 Å². The van der Waals surface area contributed by atoms with Gasteiger partial charge in [0.1, 0.15) is 16.8 Å². The van der Waals surface area contributed by atoms with E-state index in [2.05, 4.69) is 77.9 Å². The Kier molecular flexibility index (Phi) is 6.98. The highest BCUT2D eigenvalue weighted by molar-refractivity contribution is 6.09. The molecule has 0 fully saturated rings. The SMILES string of the molecule is CCC1=C(CC(=O)On2nnc3ccccc32)c2c(OC)cccc2/C1=C\c1ccccc1Cc1ccccc1. The van der Waals surface area contributed by atoms with Crippen LogP contribution in [0.4, 0.5) is 0 Å². The maximum absolute atomic E-state index is 13.3. The molecule has 0 radical (unpaired) electrons. The van der Waals surface area contributed by atoms with Crippen LogP contribution in [0, 0.1) is 0 Å². The van der Waals surface area contributed by atoms with Crippen molar-refractivity contribution in [2.45, 2.75) is 26.2 Å². The summed E-state index contributed by atoms with van der Waals surface area (Å²) in [6.07, 6.45) is 3.91. The molecule has 198 valence electrons. The first-order valence-electron chi connectivity index (χ1n) is 13.4. The summed E-state index contributed by atoms with van der Waals surface area (Å²) in [7, 11) is 1.66. The zero-order chi connectivity index (χ0) is 27.5. The number of hydrogen-bond donors (Lipinski definition) is 0. The van der Waals surface area contributed by atoms with Crippen LogP contribution in [0.25, 0.3) is 28.3 Å². The second kappa shape index (κ2) is 11.0. The summed E-state index contributed by atoms with van der Waals surface area (Å²) in [6, 6.07) is 32.4. The molecule has 0 saturated heterocycles. The topological polar surface area (TPSA) is 66.2 Å². The minimum Gasteiger partial charge on any atom is -0.496 e. The van der Waals surface area contributed by atoms with Crippen molar-refractivity contribution in [2.24, 2.45) is 0 Å². The summed E-state index contributed by atoms with van der Waals surface area (Å²) in [5, 5.41) is 8.10. The monoisotopic (exact) mass is 527 g/mol. The van der Waals surface area contributed by atoms with Crippen molar-refractivity contribution in [1.82, 2.24) is 15.2 Å². The van der Waals surface area contributed by atoms with Crippen molar-refractivity contribution in [2.75, 3.05) is 7.11 Å². The van der Waals surface area contributed by atoms with Crippen LogP contribution in [0.5, 0.6) is 5.75 Å². The molecule has 1 heterocycles. The van der Waals surface area contributed by atoms with E-state index in [4.69, 9.17) is 9.57 Å². The van der Waals surface area contributed by atoms with E-state index in [0.29, 0.717) is 11.0 Å². The maximum Gasteiger partial charge on any atom is 0.339 e. The number of carbonyl (C=O) groups excluding carboxylic acids is 1. The van der Waals surface area contributed by atoms with Crippen LogP contribution in [0.15, 0.2) is 103 Å². The second-order valence-corrected chi connectivity index (χ2v) is 9.70. The van der Waals surface area contributed by atoms with Crippen molar-refractivity contribution < 1.29 is 14.4 Å². The number of rotatable bonds is 8. The Bertz CT molecular complexity index is 1770. The molecule has 0 bridgehead atoms. The number of methoxy groups -OCH3 is 1. The highest BCUT2D eigenvalue weighted by Crippen LogP contribution is 2.49. The number of aromatic nitrogens is 3. The first kappa shape index (κ1) is 25.3. The number of hydrogen-bond acceptors (Lipinski definition) is 5. The fourth-order valence-corrected chi connectivity index (χ4v) is 5.47. The standard InChI is InChI=1S/C34H29N3O3/c1-3-26-28(21-25-15-8-7-14-24(25)20-23-12-5-4-6-13-23)27-16-11-19-32(39-2)34(27)29(26)22-33(38)40-37-31-18-10-9-17-30(31)35-36-37/h4-19,21H,3,20,22H2,1-2H3/b28-21-. The minimum atomic E-state index is -0.417. The van der Waals surface area contributed by atoms with E-state index < -0.39 is 5.97 Å². The van der Waals surface area contributed by atoms with E-state index in [-0.39, 0.29) is 6.42 Å². The summed E-state index contributed by atoms with van der Waals surface area (Å²) in [5.41, 5.74) is 10.1. The Hall–Kier alpha value is -4.97. The lowest BCUT2D eigenvalue weighted by Crippen LogP contribution is -2.21. The molecule has 6 rings (SSSR count). The number of carbonyl (C=O) groups is 1. The van der Waals surface area contributed by atoms with Gasteiger partial charge in [0, 0.05) is 5.56 Å². The average Bonchev–Trinajstić information content (AvgIpc) is 3.53. The van der Waals surface area contributed by atoms with Gasteiger partial charge in [0.15, 0.2) is 0 Å². The van der Waals surface area contributed by atoms with Gasteiger partial charge < -0.3 is 9.57 Å². The van der Waals surface area contributed by atoms with Crippen LogP contribution in [0.2, 0.25) is 0 Å².